The van der Waals surface area contributed by atoms with Gasteiger partial charge in [-0.05, 0) is 49.4 Å². The first-order valence-corrected chi connectivity index (χ1v) is 10.3. The highest BCUT2D eigenvalue weighted by Gasteiger charge is 2.16. The van der Waals surface area contributed by atoms with Crippen LogP contribution >= 0.6 is 0 Å². The van der Waals surface area contributed by atoms with Crippen molar-refractivity contribution in [1.82, 2.24) is 9.88 Å². The van der Waals surface area contributed by atoms with Crippen molar-refractivity contribution in [3.63, 3.8) is 0 Å². The Kier molecular flexibility index (Phi) is 5.49. The fourth-order valence-corrected chi connectivity index (χ4v) is 3.70. The van der Waals surface area contributed by atoms with Gasteiger partial charge in [0.05, 0.1) is 11.1 Å². The Morgan fingerprint density at radius 2 is 1.69 bits per heavy atom. The molecule has 0 saturated carbocycles. The van der Waals surface area contributed by atoms with Gasteiger partial charge in [-0.15, -0.1) is 0 Å². The molecule has 0 aliphatic carbocycles. The van der Waals surface area contributed by atoms with Crippen LogP contribution in [0.1, 0.15) is 35.8 Å². The summed E-state index contributed by atoms with van der Waals surface area (Å²) in [6.07, 6.45) is 0. The van der Waals surface area contributed by atoms with Gasteiger partial charge in [-0.25, -0.2) is 0 Å². The molecule has 1 N–H and O–H groups in total. The zero-order chi connectivity index (χ0) is 20.4. The SMILES string of the molecule is CC(C)c1cc(C(=O)Nc2ccc(N3CCN(C)CC3)cc2)c2ccccc2n1. The van der Waals surface area contributed by atoms with Crippen molar-refractivity contribution >= 4 is 28.2 Å². The molecule has 1 fully saturated rings. The maximum Gasteiger partial charge on any atom is 0.256 e. The number of rotatable bonds is 4. The molecule has 5 nitrogen and oxygen atoms in total. The number of aromatic nitrogens is 1. The van der Waals surface area contributed by atoms with Crippen molar-refractivity contribution in [2.24, 2.45) is 0 Å². The molecule has 0 bridgehead atoms. The number of carbonyl (C=O) groups excluding carboxylic acids is 1. The first kappa shape index (κ1) is 19.4. The van der Waals surface area contributed by atoms with E-state index in [0.717, 1.165) is 48.5 Å². The fraction of sp³-hybridized carbons (Fsp3) is 0.333. The Morgan fingerprint density at radius 1 is 1.00 bits per heavy atom. The third-order valence-electron chi connectivity index (χ3n) is 5.57. The second-order valence-corrected chi connectivity index (χ2v) is 8.06. The van der Waals surface area contributed by atoms with Crippen LogP contribution in [0.4, 0.5) is 11.4 Å². The van der Waals surface area contributed by atoms with Gasteiger partial charge in [-0.2, -0.15) is 0 Å². The lowest BCUT2D eigenvalue weighted by Gasteiger charge is -2.34. The number of carbonyl (C=O) groups is 1. The average molecular weight is 389 g/mol. The Labute approximate surface area is 172 Å². The quantitative estimate of drug-likeness (QED) is 0.721. The molecular formula is C24H28N4O. The molecule has 3 aromatic rings. The molecule has 1 aromatic heterocycles. The number of benzene rings is 2. The van der Waals surface area contributed by atoms with Gasteiger partial charge >= 0.3 is 0 Å². The van der Waals surface area contributed by atoms with E-state index in [9.17, 15) is 4.79 Å². The summed E-state index contributed by atoms with van der Waals surface area (Å²) in [6, 6.07) is 17.9. The Bertz CT molecular complexity index is 1010. The fourth-order valence-electron chi connectivity index (χ4n) is 3.70. The smallest absolute Gasteiger partial charge is 0.256 e. The van der Waals surface area contributed by atoms with E-state index in [-0.39, 0.29) is 11.8 Å². The van der Waals surface area contributed by atoms with Gasteiger partial charge in [0, 0.05) is 48.6 Å². The van der Waals surface area contributed by atoms with Gasteiger partial charge in [-0.3, -0.25) is 9.78 Å². The van der Waals surface area contributed by atoms with Crippen LogP contribution in [-0.4, -0.2) is 49.0 Å². The highest BCUT2D eigenvalue weighted by Crippen LogP contribution is 2.24. The van der Waals surface area contributed by atoms with E-state index >= 15 is 0 Å². The summed E-state index contributed by atoms with van der Waals surface area (Å²) < 4.78 is 0. The minimum atomic E-state index is -0.0992. The van der Waals surface area contributed by atoms with Crippen LogP contribution in [0.3, 0.4) is 0 Å². The number of nitrogens with zero attached hydrogens (tertiary/aromatic N) is 3. The van der Waals surface area contributed by atoms with Crippen molar-refractivity contribution in [1.29, 1.82) is 0 Å². The van der Waals surface area contributed by atoms with Gasteiger partial charge in [0.1, 0.15) is 0 Å². The van der Waals surface area contributed by atoms with Gasteiger partial charge in [0.25, 0.3) is 5.91 Å². The predicted octanol–water partition coefficient (Wildman–Crippen LogP) is 4.36. The van der Waals surface area contributed by atoms with E-state index in [4.69, 9.17) is 4.98 Å². The maximum absolute atomic E-state index is 13.1. The van der Waals surface area contributed by atoms with E-state index in [2.05, 4.69) is 48.1 Å². The van der Waals surface area contributed by atoms with Crippen LogP contribution in [-0.2, 0) is 0 Å². The highest BCUT2D eigenvalue weighted by molar-refractivity contribution is 6.12. The second-order valence-electron chi connectivity index (χ2n) is 8.06. The topological polar surface area (TPSA) is 48.5 Å². The normalized spacial score (nSPS) is 15.1. The van der Waals surface area contributed by atoms with Crippen LogP contribution in [0.2, 0.25) is 0 Å². The standard InChI is InChI=1S/C24H28N4O/c1-17(2)23-16-21(20-6-4-5-7-22(20)26-23)24(29)25-18-8-10-19(11-9-18)28-14-12-27(3)13-15-28/h4-11,16-17H,12-15H2,1-3H3,(H,25,29). The predicted molar refractivity (Wildman–Crippen MR) is 120 cm³/mol. The zero-order valence-corrected chi connectivity index (χ0v) is 17.4. The third kappa shape index (κ3) is 4.25. The molecule has 0 atom stereocenters. The first-order chi connectivity index (χ1) is 14.0. The van der Waals surface area contributed by atoms with E-state index in [0.29, 0.717) is 5.56 Å². The maximum atomic E-state index is 13.1. The number of likely N-dealkylation sites (N-methyl/N-ethyl adjacent to an activating group) is 1. The summed E-state index contributed by atoms with van der Waals surface area (Å²) >= 11 is 0. The molecule has 1 saturated heterocycles. The van der Waals surface area contributed by atoms with Gasteiger partial charge in [-0.1, -0.05) is 32.0 Å². The zero-order valence-electron chi connectivity index (χ0n) is 17.4. The number of hydrogen-bond donors (Lipinski definition) is 1. The molecule has 0 radical (unpaired) electrons. The minimum absolute atomic E-state index is 0.0992. The van der Waals surface area contributed by atoms with Gasteiger partial charge in [0.2, 0.25) is 0 Å². The molecule has 1 amide bonds. The second kappa shape index (κ2) is 8.21. The van der Waals surface area contributed by atoms with Crippen LogP contribution < -0.4 is 10.2 Å². The average Bonchev–Trinajstić information content (AvgIpc) is 2.74. The number of fused-ring (bicyclic) bond motifs is 1. The van der Waals surface area contributed by atoms with E-state index in [1.54, 1.807) is 0 Å². The largest absolute Gasteiger partial charge is 0.369 e. The number of nitrogens with one attached hydrogen (secondary N) is 1. The number of amides is 1. The molecule has 4 rings (SSSR count). The molecule has 0 spiro atoms. The summed E-state index contributed by atoms with van der Waals surface area (Å²) in [5.74, 6) is 0.159. The Hall–Kier alpha value is -2.92. The molecule has 2 heterocycles. The van der Waals surface area contributed by atoms with E-state index in [1.807, 2.05) is 42.5 Å². The molecule has 1 aliphatic rings. The summed E-state index contributed by atoms with van der Waals surface area (Å²) in [7, 11) is 2.16. The summed E-state index contributed by atoms with van der Waals surface area (Å²) in [6.45, 7) is 8.40. The van der Waals surface area contributed by atoms with Gasteiger partial charge in [0.15, 0.2) is 0 Å². The van der Waals surface area contributed by atoms with Crippen molar-refractivity contribution in [2.75, 3.05) is 43.4 Å². The number of piperazine rings is 1. The number of anilines is 2. The van der Waals surface area contributed by atoms with Crippen LogP contribution in [0.5, 0.6) is 0 Å². The van der Waals surface area contributed by atoms with E-state index < -0.39 is 0 Å². The summed E-state index contributed by atoms with van der Waals surface area (Å²) in [4.78, 5) is 22.5. The lowest BCUT2D eigenvalue weighted by Crippen LogP contribution is -2.44. The van der Waals surface area contributed by atoms with Crippen LogP contribution in [0.25, 0.3) is 10.9 Å². The third-order valence-corrected chi connectivity index (χ3v) is 5.57. The molecule has 2 aromatic carbocycles. The molecule has 0 unspecified atom stereocenters. The molecule has 5 heteroatoms. The molecule has 150 valence electrons. The van der Waals surface area contributed by atoms with Crippen LogP contribution in [0, 0.1) is 0 Å². The molecule has 29 heavy (non-hydrogen) atoms. The number of hydrogen-bond acceptors (Lipinski definition) is 4. The summed E-state index contributed by atoms with van der Waals surface area (Å²) in [5.41, 5.74) is 4.46. The van der Waals surface area contributed by atoms with Gasteiger partial charge < -0.3 is 15.1 Å². The summed E-state index contributed by atoms with van der Waals surface area (Å²) in [5, 5.41) is 3.94. The van der Waals surface area contributed by atoms with Crippen LogP contribution in [0.15, 0.2) is 54.6 Å². The highest BCUT2D eigenvalue weighted by atomic mass is 16.1. The van der Waals surface area contributed by atoms with E-state index in [1.165, 1.54) is 5.69 Å². The number of pyridine rings is 1. The minimum Gasteiger partial charge on any atom is -0.369 e. The van der Waals surface area contributed by atoms with Crippen molar-refractivity contribution in [3.8, 4) is 0 Å². The molecular weight excluding hydrogens is 360 g/mol. The van der Waals surface area contributed by atoms with Crippen molar-refractivity contribution in [2.45, 2.75) is 19.8 Å². The lowest BCUT2D eigenvalue weighted by molar-refractivity contribution is 0.102. The lowest BCUT2D eigenvalue weighted by atomic mass is 10.0. The number of para-hydroxylation sites is 1. The Balaban J connectivity index is 1.55. The van der Waals surface area contributed by atoms with Crippen molar-refractivity contribution in [3.05, 3.63) is 65.9 Å². The Morgan fingerprint density at radius 3 is 2.38 bits per heavy atom. The molecule has 1 aliphatic heterocycles. The first-order valence-electron chi connectivity index (χ1n) is 10.3. The van der Waals surface area contributed by atoms with Crippen molar-refractivity contribution < 1.29 is 4.79 Å². The monoisotopic (exact) mass is 388 g/mol.